The Hall–Kier alpha value is -1.90. The smallest absolute Gasteiger partial charge is 0.243 e. The Labute approximate surface area is 82.4 Å². The summed E-state index contributed by atoms with van der Waals surface area (Å²) in [6.45, 7) is 0. The van der Waals surface area contributed by atoms with Crippen LogP contribution in [-0.4, -0.2) is 19.2 Å². The molecule has 3 heteroatoms. The maximum absolute atomic E-state index is 10.9. The highest BCUT2D eigenvalue weighted by molar-refractivity contribution is 5.91. The number of amides is 1. The number of aldehydes is 1. The Kier molecular flexibility index (Phi) is 3.61. The van der Waals surface area contributed by atoms with E-state index < -0.39 is 0 Å². The van der Waals surface area contributed by atoms with Crippen molar-refractivity contribution in [2.75, 3.05) is 7.05 Å². The fraction of sp³-hybridized carbons (Fsp3) is 0.0909. The number of rotatable bonds is 3. The van der Waals surface area contributed by atoms with Crippen molar-refractivity contribution in [1.29, 1.82) is 0 Å². The molecule has 0 bridgehead atoms. The van der Waals surface area contributed by atoms with Crippen LogP contribution in [0.3, 0.4) is 0 Å². The summed E-state index contributed by atoms with van der Waals surface area (Å²) in [5.41, 5.74) is 1.52. The van der Waals surface area contributed by atoms with Gasteiger partial charge in [-0.25, -0.2) is 0 Å². The van der Waals surface area contributed by atoms with Gasteiger partial charge in [0.05, 0.1) is 0 Å². The summed E-state index contributed by atoms with van der Waals surface area (Å²) in [5, 5.41) is 2.48. The predicted octanol–water partition coefficient (Wildman–Crippen LogP) is 1.26. The van der Waals surface area contributed by atoms with Gasteiger partial charge in [-0.1, -0.05) is 24.3 Å². The van der Waals surface area contributed by atoms with E-state index in [0.29, 0.717) is 5.56 Å². The Morgan fingerprint density at radius 2 is 1.79 bits per heavy atom. The van der Waals surface area contributed by atoms with Crippen LogP contribution in [0.2, 0.25) is 0 Å². The summed E-state index contributed by atoms with van der Waals surface area (Å²) in [6, 6.07) is 6.97. The van der Waals surface area contributed by atoms with Crippen molar-refractivity contribution in [3.8, 4) is 0 Å². The normalized spacial score (nSPS) is 10.1. The lowest BCUT2D eigenvalue weighted by Gasteiger charge is -1.93. The quantitative estimate of drug-likeness (QED) is 0.574. The molecule has 0 saturated heterocycles. The molecule has 0 atom stereocenters. The van der Waals surface area contributed by atoms with Gasteiger partial charge in [-0.3, -0.25) is 9.59 Å². The van der Waals surface area contributed by atoms with Crippen LogP contribution < -0.4 is 5.32 Å². The fourth-order valence-electron chi connectivity index (χ4n) is 0.941. The summed E-state index contributed by atoms with van der Waals surface area (Å²) < 4.78 is 0. The third-order valence-electron chi connectivity index (χ3n) is 1.75. The van der Waals surface area contributed by atoms with Gasteiger partial charge in [0.15, 0.2) is 0 Å². The zero-order valence-corrected chi connectivity index (χ0v) is 7.86. The van der Waals surface area contributed by atoms with Crippen molar-refractivity contribution >= 4 is 18.3 Å². The fourth-order valence-corrected chi connectivity index (χ4v) is 0.941. The predicted molar refractivity (Wildman–Crippen MR) is 54.9 cm³/mol. The molecular formula is C11H11NO2. The van der Waals surface area contributed by atoms with Crippen LogP contribution in [0.15, 0.2) is 30.3 Å². The van der Waals surface area contributed by atoms with Crippen LogP contribution in [-0.2, 0) is 4.79 Å². The van der Waals surface area contributed by atoms with Crippen molar-refractivity contribution in [3.05, 3.63) is 41.5 Å². The first-order chi connectivity index (χ1) is 6.76. The molecule has 14 heavy (non-hydrogen) atoms. The highest BCUT2D eigenvalue weighted by atomic mass is 16.1. The molecule has 0 aliphatic carbocycles. The third-order valence-corrected chi connectivity index (χ3v) is 1.75. The zero-order chi connectivity index (χ0) is 10.4. The monoisotopic (exact) mass is 189 g/mol. The summed E-state index contributed by atoms with van der Waals surface area (Å²) >= 11 is 0. The largest absolute Gasteiger partial charge is 0.356 e. The van der Waals surface area contributed by atoms with Gasteiger partial charge in [-0.05, 0) is 11.6 Å². The van der Waals surface area contributed by atoms with E-state index in [1.54, 1.807) is 37.4 Å². The average molecular weight is 189 g/mol. The molecule has 0 fully saturated rings. The minimum Gasteiger partial charge on any atom is -0.356 e. The first-order valence-corrected chi connectivity index (χ1v) is 4.21. The van der Waals surface area contributed by atoms with E-state index in [0.717, 1.165) is 11.8 Å². The molecule has 0 aliphatic heterocycles. The minimum absolute atomic E-state index is 0.149. The summed E-state index contributed by atoms with van der Waals surface area (Å²) in [4.78, 5) is 21.2. The molecule has 0 saturated carbocycles. The number of likely N-dealkylation sites (N-methyl/N-ethyl adjacent to an activating group) is 1. The van der Waals surface area contributed by atoms with Gasteiger partial charge in [-0.15, -0.1) is 0 Å². The van der Waals surface area contributed by atoms with Crippen molar-refractivity contribution in [1.82, 2.24) is 5.32 Å². The maximum Gasteiger partial charge on any atom is 0.243 e. The van der Waals surface area contributed by atoms with E-state index in [1.807, 2.05) is 0 Å². The molecule has 0 aromatic heterocycles. The van der Waals surface area contributed by atoms with E-state index in [1.165, 1.54) is 6.08 Å². The van der Waals surface area contributed by atoms with Gasteiger partial charge in [0.25, 0.3) is 0 Å². The van der Waals surface area contributed by atoms with E-state index in [-0.39, 0.29) is 5.91 Å². The Bertz CT molecular complexity index is 352. The molecular weight excluding hydrogens is 178 g/mol. The molecule has 1 N–H and O–H groups in total. The Balaban J connectivity index is 2.73. The van der Waals surface area contributed by atoms with Crippen LogP contribution in [0.4, 0.5) is 0 Å². The van der Waals surface area contributed by atoms with Gasteiger partial charge in [0.1, 0.15) is 6.29 Å². The summed E-state index contributed by atoms with van der Waals surface area (Å²) in [5.74, 6) is -0.149. The SMILES string of the molecule is CNC(=O)/C=C/c1ccc(C=O)cc1. The van der Waals surface area contributed by atoms with Crippen molar-refractivity contribution in [2.45, 2.75) is 0 Å². The molecule has 0 aliphatic rings. The maximum atomic E-state index is 10.9. The van der Waals surface area contributed by atoms with Crippen LogP contribution >= 0.6 is 0 Å². The number of nitrogens with one attached hydrogen (secondary N) is 1. The number of carbonyl (C=O) groups excluding carboxylic acids is 2. The molecule has 0 spiro atoms. The first kappa shape index (κ1) is 10.2. The van der Waals surface area contributed by atoms with E-state index in [4.69, 9.17) is 0 Å². The molecule has 1 aromatic rings. The third kappa shape index (κ3) is 2.86. The Morgan fingerprint density at radius 3 is 2.29 bits per heavy atom. The van der Waals surface area contributed by atoms with Crippen LogP contribution in [0.5, 0.6) is 0 Å². The molecule has 0 heterocycles. The lowest BCUT2D eigenvalue weighted by atomic mass is 10.1. The second kappa shape index (κ2) is 4.97. The molecule has 1 amide bonds. The van der Waals surface area contributed by atoms with E-state index in [2.05, 4.69) is 5.32 Å². The molecule has 0 radical (unpaired) electrons. The van der Waals surface area contributed by atoms with E-state index in [9.17, 15) is 9.59 Å². The van der Waals surface area contributed by atoms with Gasteiger partial charge in [0.2, 0.25) is 5.91 Å². The second-order valence-electron chi connectivity index (χ2n) is 2.73. The number of benzene rings is 1. The highest BCUT2D eigenvalue weighted by Gasteiger charge is 1.91. The standard InChI is InChI=1S/C11H11NO2/c1-12-11(14)7-6-9-2-4-10(8-13)5-3-9/h2-8H,1H3,(H,12,14)/b7-6+. The lowest BCUT2D eigenvalue weighted by molar-refractivity contribution is -0.115. The summed E-state index contributed by atoms with van der Waals surface area (Å²) in [7, 11) is 1.57. The Morgan fingerprint density at radius 1 is 1.21 bits per heavy atom. The lowest BCUT2D eigenvalue weighted by Crippen LogP contribution is -2.13. The van der Waals surface area contributed by atoms with Gasteiger partial charge >= 0.3 is 0 Å². The first-order valence-electron chi connectivity index (χ1n) is 4.21. The van der Waals surface area contributed by atoms with Crippen LogP contribution in [0.1, 0.15) is 15.9 Å². The molecule has 3 nitrogen and oxygen atoms in total. The molecule has 72 valence electrons. The summed E-state index contributed by atoms with van der Waals surface area (Å²) in [6.07, 6.45) is 3.91. The van der Waals surface area contributed by atoms with Crippen LogP contribution in [0, 0.1) is 0 Å². The number of carbonyl (C=O) groups is 2. The van der Waals surface area contributed by atoms with Gasteiger partial charge in [-0.2, -0.15) is 0 Å². The number of hydrogen-bond acceptors (Lipinski definition) is 2. The second-order valence-corrected chi connectivity index (χ2v) is 2.73. The van der Waals surface area contributed by atoms with Crippen molar-refractivity contribution in [2.24, 2.45) is 0 Å². The van der Waals surface area contributed by atoms with Crippen molar-refractivity contribution in [3.63, 3.8) is 0 Å². The van der Waals surface area contributed by atoms with Gasteiger partial charge < -0.3 is 5.32 Å². The molecule has 0 unspecified atom stereocenters. The number of hydrogen-bond donors (Lipinski definition) is 1. The molecule has 1 aromatic carbocycles. The molecule has 1 rings (SSSR count). The zero-order valence-electron chi connectivity index (χ0n) is 7.86. The van der Waals surface area contributed by atoms with Crippen LogP contribution in [0.25, 0.3) is 6.08 Å². The van der Waals surface area contributed by atoms with Gasteiger partial charge in [0, 0.05) is 18.7 Å². The van der Waals surface area contributed by atoms with Crippen molar-refractivity contribution < 1.29 is 9.59 Å². The minimum atomic E-state index is -0.149. The topological polar surface area (TPSA) is 46.2 Å². The van der Waals surface area contributed by atoms with E-state index >= 15 is 0 Å². The average Bonchev–Trinajstić information content (AvgIpc) is 2.26. The highest BCUT2D eigenvalue weighted by Crippen LogP contribution is 2.04.